The number of nitrogens with one attached hydrogen (secondary N) is 1. The molecule has 0 aromatic heterocycles. The first kappa shape index (κ1) is 15.5. The van der Waals surface area contributed by atoms with Gasteiger partial charge < -0.3 is 5.32 Å². The molecule has 1 aromatic rings. The lowest BCUT2D eigenvalue weighted by molar-refractivity contribution is -0.122. The molecule has 0 bridgehead atoms. The van der Waals surface area contributed by atoms with E-state index in [9.17, 15) is 4.79 Å². The van der Waals surface area contributed by atoms with Crippen molar-refractivity contribution in [3.05, 3.63) is 28.2 Å². The van der Waals surface area contributed by atoms with Gasteiger partial charge in [0.2, 0.25) is 5.91 Å². The van der Waals surface area contributed by atoms with E-state index >= 15 is 0 Å². The quantitative estimate of drug-likeness (QED) is 0.826. The van der Waals surface area contributed by atoms with E-state index in [4.69, 9.17) is 23.2 Å². The fourth-order valence-corrected chi connectivity index (χ4v) is 4.52. The van der Waals surface area contributed by atoms with E-state index in [-0.39, 0.29) is 10.7 Å². The third-order valence-corrected chi connectivity index (χ3v) is 6.76. The van der Waals surface area contributed by atoms with Crippen LogP contribution in [-0.4, -0.2) is 16.7 Å². The molecule has 2 nitrogen and oxygen atoms in total. The van der Waals surface area contributed by atoms with Gasteiger partial charge in [0.1, 0.15) is 0 Å². The first-order valence-corrected chi connectivity index (χ1v) is 9.12. The monoisotopic (exact) mass is 343 g/mol. The number of benzene rings is 1. The second kappa shape index (κ2) is 6.39. The molecular weight excluding hydrogens is 325 g/mol. The van der Waals surface area contributed by atoms with Crippen LogP contribution in [0.15, 0.2) is 23.1 Å². The Morgan fingerprint density at radius 3 is 2.57 bits per heavy atom. The van der Waals surface area contributed by atoms with Crippen molar-refractivity contribution in [3.63, 3.8) is 0 Å². The smallest absolute Gasteiger partial charge is 0.236 e. The molecule has 0 atom stereocenters. The Bertz CT molecular complexity index is 539. The molecule has 0 radical (unpaired) electrons. The van der Waals surface area contributed by atoms with Crippen LogP contribution in [0.4, 0.5) is 0 Å². The second-order valence-corrected chi connectivity index (χ2v) is 8.17. The Morgan fingerprint density at radius 1 is 1.19 bits per heavy atom. The van der Waals surface area contributed by atoms with Crippen LogP contribution < -0.4 is 5.32 Å². The Kier molecular flexibility index (Phi) is 4.72. The van der Waals surface area contributed by atoms with E-state index in [0.29, 0.717) is 16.1 Å². The molecule has 0 aliphatic heterocycles. The van der Waals surface area contributed by atoms with Crippen LogP contribution in [0.1, 0.15) is 44.9 Å². The highest BCUT2D eigenvalue weighted by atomic mass is 35.5. The van der Waals surface area contributed by atoms with Crippen molar-refractivity contribution >= 4 is 40.9 Å². The molecule has 2 aliphatic rings. The molecule has 0 unspecified atom stereocenters. The minimum absolute atomic E-state index is 0.176. The fourth-order valence-electron chi connectivity index (χ4n) is 2.83. The van der Waals surface area contributed by atoms with Gasteiger partial charge in [-0.25, -0.2) is 0 Å². The van der Waals surface area contributed by atoms with Crippen molar-refractivity contribution in [2.45, 2.75) is 60.6 Å². The molecule has 21 heavy (non-hydrogen) atoms. The molecule has 1 aromatic carbocycles. The van der Waals surface area contributed by atoms with E-state index in [2.05, 4.69) is 5.32 Å². The van der Waals surface area contributed by atoms with Crippen molar-refractivity contribution in [1.29, 1.82) is 0 Å². The lowest BCUT2D eigenvalue weighted by atomic mass is 9.95. The molecule has 0 heterocycles. The summed E-state index contributed by atoms with van der Waals surface area (Å²) in [6.07, 6.45) is 7.81. The Morgan fingerprint density at radius 2 is 1.90 bits per heavy atom. The van der Waals surface area contributed by atoms with Gasteiger partial charge in [0, 0.05) is 10.9 Å². The van der Waals surface area contributed by atoms with Gasteiger partial charge >= 0.3 is 0 Å². The van der Waals surface area contributed by atoms with Gasteiger partial charge in [-0.05, 0) is 37.8 Å². The summed E-state index contributed by atoms with van der Waals surface area (Å²) < 4.78 is -0.328. The summed E-state index contributed by atoms with van der Waals surface area (Å²) in [6, 6.07) is 5.95. The zero-order valence-electron chi connectivity index (χ0n) is 11.8. The minimum Gasteiger partial charge on any atom is -0.352 e. The number of hydrogen-bond donors (Lipinski definition) is 1. The van der Waals surface area contributed by atoms with Gasteiger partial charge in [-0.2, -0.15) is 0 Å². The van der Waals surface area contributed by atoms with Crippen LogP contribution in [0.3, 0.4) is 0 Å². The first-order valence-electron chi connectivity index (χ1n) is 7.55. The molecule has 2 aliphatic carbocycles. The summed E-state index contributed by atoms with van der Waals surface area (Å²) in [5.74, 6) is 0.176. The lowest BCUT2D eigenvalue weighted by Crippen LogP contribution is -2.42. The van der Waals surface area contributed by atoms with Crippen LogP contribution in [0.2, 0.25) is 10.0 Å². The van der Waals surface area contributed by atoms with E-state index in [0.717, 1.165) is 30.6 Å². The fraction of sp³-hybridized carbons (Fsp3) is 0.562. The van der Waals surface area contributed by atoms with Gasteiger partial charge in [0.15, 0.2) is 0 Å². The number of carbonyl (C=O) groups is 1. The summed E-state index contributed by atoms with van der Waals surface area (Å²) in [7, 11) is 0. The van der Waals surface area contributed by atoms with Crippen LogP contribution in [0.25, 0.3) is 0 Å². The number of halogens is 2. The largest absolute Gasteiger partial charge is 0.352 e. The number of rotatable bonds is 4. The summed E-state index contributed by atoms with van der Waals surface area (Å²) in [5, 5.41) is 4.34. The molecule has 1 amide bonds. The predicted molar refractivity (Wildman–Crippen MR) is 89.3 cm³/mol. The van der Waals surface area contributed by atoms with E-state index < -0.39 is 0 Å². The molecular formula is C16H19Cl2NOS. The number of carbonyl (C=O) groups excluding carboxylic acids is 1. The number of amides is 1. The predicted octanol–water partition coefficient (Wildman–Crippen LogP) is 5.07. The van der Waals surface area contributed by atoms with Crippen molar-refractivity contribution in [1.82, 2.24) is 5.32 Å². The zero-order chi connectivity index (χ0) is 14.9. The average Bonchev–Trinajstić information content (AvgIpc) is 3.26. The summed E-state index contributed by atoms with van der Waals surface area (Å²) >= 11 is 13.9. The molecule has 0 saturated heterocycles. The minimum atomic E-state index is -0.328. The third kappa shape index (κ3) is 3.52. The van der Waals surface area contributed by atoms with Crippen LogP contribution >= 0.6 is 35.0 Å². The Balaban J connectivity index is 1.66. The molecule has 3 rings (SSSR count). The number of thioether (sulfide) groups is 1. The molecule has 2 fully saturated rings. The molecule has 0 spiro atoms. The maximum atomic E-state index is 12.6. The molecule has 114 valence electrons. The maximum absolute atomic E-state index is 12.6. The van der Waals surface area contributed by atoms with Gasteiger partial charge in [-0.3, -0.25) is 4.79 Å². The maximum Gasteiger partial charge on any atom is 0.236 e. The van der Waals surface area contributed by atoms with E-state index in [1.54, 1.807) is 17.8 Å². The Labute approximate surface area is 140 Å². The van der Waals surface area contributed by atoms with E-state index in [1.165, 1.54) is 19.3 Å². The summed E-state index contributed by atoms with van der Waals surface area (Å²) in [6.45, 7) is 0. The van der Waals surface area contributed by atoms with Crippen LogP contribution in [0, 0.1) is 0 Å². The highest BCUT2D eigenvalue weighted by molar-refractivity contribution is 8.01. The highest BCUT2D eigenvalue weighted by Gasteiger charge is 2.51. The van der Waals surface area contributed by atoms with Crippen molar-refractivity contribution in [3.8, 4) is 0 Å². The lowest BCUT2D eigenvalue weighted by Gasteiger charge is -2.25. The van der Waals surface area contributed by atoms with Crippen molar-refractivity contribution in [2.75, 3.05) is 0 Å². The highest BCUT2D eigenvalue weighted by Crippen LogP contribution is 2.54. The molecule has 1 N–H and O–H groups in total. The molecule has 5 heteroatoms. The average molecular weight is 344 g/mol. The van der Waals surface area contributed by atoms with E-state index in [1.807, 2.05) is 12.1 Å². The third-order valence-electron chi connectivity index (χ3n) is 4.28. The van der Waals surface area contributed by atoms with Crippen LogP contribution in [0.5, 0.6) is 0 Å². The van der Waals surface area contributed by atoms with Gasteiger partial charge in [-0.15, -0.1) is 11.8 Å². The Hall–Kier alpha value is -0.380. The molecule has 2 saturated carbocycles. The topological polar surface area (TPSA) is 29.1 Å². The van der Waals surface area contributed by atoms with Crippen molar-refractivity contribution in [2.24, 2.45) is 0 Å². The van der Waals surface area contributed by atoms with Gasteiger partial charge in [0.05, 0.1) is 14.8 Å². The van der Waals surface area contributed by atoms with Gasteiger partial charge in [0.25, 0.3) is 0 Å². The summed E-state index contributed by atoms with van der Waals surface area (Å²) in [4.78, 5) is 13.5. The first-order chi connectivity index (χ1) is 10.1. The zero-order valence-corrected chi connectivity index (χ0v) is 14.2. The number of hydrogen-bond acceptors (Lipinski definition) is 2. The van der Waals surface area contributed by atoms with Gasteiger partial charge in [-0.1, -0.05) is 48.5 Å². The van der Waals surface area contributed by atoms with Crippen LogP contribution in [-0.2, 0) is 4.79 Å². The normalized spacial score (nSPS) is 21.0. The SMILES string of the molecule is O=C(NC1CCCCC1)C1(Sc2cccc(Cl)c2Cl)CC1. The van der Waals surface area contributed by atoms with Crippen molar-refractivity contribution < 1.29 is 4.79 Å². The summed E-state index contributed by atoms with van der Waals surface area (Å²) in [5.41, 5.74) is 0. The standard InChI is InChI=1S/C16H19Cl2NOS/c17-12-7-4-8-13(14(12)18)21-16(9-10-16)15(20)19-11-5-2-1-3-6-11/h4,7-8,11H,1-3,5-6,9-10H2,(H,19,20). The second-order valence-electron chi connectivity index (χ2n) is 5.96.